The number of hydrogen-bond acceptors (Lipinski definition) is 2. The lowest BCUT2D eigenvalue weighted by molar-refractivity contribution is 0.110. The Bertz CT molecular complexity index is 152. The second-order valence-corrected chi connectivity index (χ2v) is 4.63. The highest BCUT2D eigenvalue weighted by Crippen LogP contribution is 2.27. The van der Waals surface area contributed by atoms with Crippen LogP contribution in [-0.2, 0) is 0 Å². The van der Waals surface area contributed by atoms with Crippen molar-refractivity contribution in [2.24, 2.45) is 5.92 Å². The standard InChI is InChI=1S/C11H22N2/c1-13-9-3-2-4-11(13)10-5-7-12-8-6-10/h10-12H,2-9H2,1H3/t11-/m0/s1. The third-order valence-corrected chi connectivity index (χ3v) is 3.75. The first kappa shape index (κ1) is 9.47. The van der Waals surface area contributed by atoms with E-state index < -0.39 is 0 Å². The lowest BCUT2D eigenvalue weighted by Gasteiger charge is -2.39. The quantitative estimate of drug-likeness (QED) is 0.660. The van der Waals surface area contributed by atoms with Crippen LogP contribution in [0, 0.1) is 5.92 Å². The highest BCUT2D eigenvalue weighted by molar-refractivity contribution is 4.84. The molecule has 0 saturated carbocycles. The highest BCUT2D eigenvalue weighted by atomic mass is 15.1. The molecule has 0 radical (unpaired) electrons. The summed E-state index contributed by atoms with van der Waals surface area (Å²) < 4.78 is 0. The summed E-state index contributed by atoms with van der Waals surface area (Å²) in [6.07, 6.45) is 7.11. The van der Waals surface area contributed by atoms with Gasteiger partial charge in [0.15, 0.2) is 0 Å². The van der Waals surface area contributed by atoms with Gasteiger partial charge in [-0.2, -0.15) is 0 Å². The van der Waals surface area contributed by atoms with Crippen molar-refractivity contribution in [3.8, 4) is 0 Å². The zero-order valence-electron chi connectivity index (χ0n) is 8.76. The number of rotatable bonds is 1. The Balaban J connectivity index is 1.88. The monoisotopic (exact) mass is 182 g/mol. The molecule has 2 aliphatic heterocycles. The lowest BCUT2D eigenvalue weighted by atomic mass is 9.84. The van der Waals surface area contributed by atoms with Gasteiger partial charge in [0.1, 0.15) is 0 Å². The molecule has 0 amide bonds. The van der Waals surface area contributed by atoms with Crippen LogP contribution in [0.1, 0.15) is 32.1 Å². The maximum Gasteiger partial charge on any atom is 0.0121 e. The molecular weight excluding hydrogens is 160 g/mol. The van der Waals surface area contributed by atoms with Gasteiger partial charge in [-0.3, -0.25) is 0 Å². The van der Waals surface area contributed by atoms with Crippen LogP contribution >= 0.6 is 0 Å². The fourth-order valence-corrected chi connectivity index (χ4v) is 2.93. The summed E-state index contributed by atoms with van der Waals surface area (Å²) >= 11 is 0. The largest absolute Gasteiger partial charge is 0.317 e. The van der Waals surface area contributed by atoms with E-state index in [1.807, 2.05) is 0 Å². The summed E-state index contributed by atoms with van der Waals surface area (Å²) in [4.78, 5) is 2.60. The molecule has 13 heavy (non-hydrogen) atoms. The number of piperidine rings is 2. The van der Waals surface area contributed by atoms with Gasteiger partial charge in [0, 0.05) is 6.04 Å². The molecule has 2 saturated heterocycles. The normalized spacial score (nSPS) is 33.5. The minimum absolute atomic E-state index is 0.899. The number of nitrogens with zero attached hydrogens (tertiary/aromatic N) is 1. The third kappa shape index (κ3) is 2.23. The maximum atomic E-state index is 3.45. The zero-order valence-corrected chi connectivity index (χ0v) is 8.76. The van der Waals surface area contributed by atoms with Gasteiger partial charge in [-0.25, -0.2) is 0 Å². The molecule has 2 aliphatic rings. The first-order valence-corrected chi connectivity index (χ1v) is 5.79. The van der Waals surface area contributed by atoms with Crippen LogP contribution in [0.2, 0.25) is 0 Å². The molecule has 1 atom stereocenters. The van der Waals surface area contributed by atoms with Crippen LogP contribution in [0.5, 0.6) is 0 Å². The summed E-state index contributed by atoms with van der Waals surface area (Å²) in [6.45, 7) is 3.82. The van der Waals surface area contributed by atoms with Gasteiger partial charge in [-0.15, -0.1) is 0 Å². The van der Waals surface area contributed by atoms with Gasteiger partial charge in [0.2, 0.25) is 0 Å². The van der Waals surface area contributed by atoms with Crippen molar-refractivity contribution in [2.75, 3.05) is 26.7 Å². The molecule has 0 spiro atoms. The Morgan fingerprint density at radius 2 is 1.85 bits per heavy atom. The van der Waals surface area contributed by atoms with E-state index in [1.165, 1.54) is 51.7 Å². The topological polar surface area (TPSA) is 15.3 Å². The van der Waals surface area contributed by atoms with Gasteiger partial charge in [-0.1, -0.05) is 6.42 Å². The second kappa shape index (κ2) is 4.43. The first-order valence-electron chi connectivity index (χ1n) is 5.79. The second-order valence-electron chi connectivity index (χ2n) is 4.63. The van der Waals surface area contributed by atoms with Crippen molar-refractivity contribution in [2.45, 2.75) is 38.1 Å². The molecule has 0 aromatic carbocycles. The molecule has 2 nitrogen and oxygen atoms in total. The van der Waals surface area contributed by atoms with Crippen molar-refractivity contribution in [1.29, 1.82) is 0 Å². The molecule has 0 unspecified atom stereocenters. The Hall–Kier alpha value is -0.0800. The molecule has 2 rings (SSSR count). The van der Waals surface area contributed by atoms with Crippen molar-refractivity contribution >= 4 is 0 Å². The summed E-state index contributed by atoms with van der Waals surface area (Å²) in [6, 6.07) is 0.899. The van der Waals surface area contributed by atoms with Gasteiger partial charge < -0.3 is 10.2 Å². The van der Waals surface area contributed by atoms with E-state index in [2.05, 4.69) is 17.3 Å². The average Bonchev–Trinajstić information content (AvgIpc) is 2.20. The Labute approximate surface area is 81.7 Å². The number of hydrogen-bond donors (Lipinski definition) is 1. The Morgan fingerprint density at radius 1 is 1.08 bits per heavy atom. The molecule has 76 valence electrons. The molecule has 2 heterocycles. The maximum absolute atomic E-state index is 3.45. The van der Waals surface area contributed by atoms with E-state index >= 15 is 0 Å². The highest BCUT2D eigenvalue weighted by Gasteiger charge is 2.28. The minimum atomic E-state index is 0.899. The smallest absolute Gasteiger partial charge is 0.0121 e. The Kier molecular flexibility index (Phi) is 3.23. The summed E-state index contributed by atoms with van der Waals surface area (Å²) in [7, 11) is 2.31. The van der Waals surface area contributed by atoms with E-state index in [9.17, 15) is 0 Å². The van der Waals surface area contributed by atoms with Crippen LogP contribution in [0.3, 0.4) is 0 Å². The Morgan fingerprint density at radius 3 is 2.54 bits per heavy atom. The van der Waals surface area contributed by atoms with Crippen LogP contribution < -0.4 is 5.32 Å². The predicted octanol–water partition coefficient (Wildman–Crippen LogP) is 1.47. The van der Waals surface area contributed by atoms with Gasteiger partial charge >= 0.3 is 0 Å². The first-order chi connectivity index (χ1) is 6.38. The average molecular weight is 182 g/mol. The van der Waals surface area contributed by atoms with E-state index in [1.54, 1.807) is 0 Å². The number of likely N-dealkylation sites (tertiary alicyclic amines) is 1. The zero-order chi connectivity index (χ0) is 9.10. The molecule has 0 aromatic rings. The van der Waals surface area contributed by atoms with E-state index in [0.717, 1.165) is 12.0 Å². The van der Waals surface area contributed by atoms with Crippen molar-refractivity contribution in [3.63, 3.8) is 0 Å². The molecule has 2 fully saturated rings. The summed E-state index contributed by atoms with van der Waals surface area (Å²) in [5, 5.41) is 3.45. The van der Waals surface area contributed by atoms with Gasteiger partial charge in [0.05, 0.1) is 0 Å². The van der Waals surface area contributed by atoms with Crippen molar-refractivity contribution in [3.05, 3.63) is 0 Å². The predicted molar refractivity (Wildman–Crippen MR) is 55.9 cm³/mol. The fraction of sp³-hybridized carbons (Fsp3) is 1.00. The van der Waals surface area contributed by atoms with Crippen molar-refractivity contribution in [1.82, 2.24) is 10.2 Å². The molecule has 1 N–H and O–H groups in total. The molecule has 2 heteroatoms. The van der Waals surface area contributed by atoms with Gasteiger partial charge in [-0.05, 0) is 58.3 Å². The van der Waals surface area contributed by atoms with Crippen LogP contribution in [-0.4, -0.2) is 37.6 Å². The van der Waals surface area contributed by atoms with Crippen LogP contribution in [0.15, 0.2) is 0 Å². The van der Waals surface area contributed by atoms with E-state index in [0.29, 0.717) is 0 Å². The lowest BCUT2D eigenvalue weighted by Crippen LogP contribution is -2.45. The van der Waals surface area contributed by atoms with Crippen LogP contribution in [0.25, 0.3) is 0 Å². The van der Waals surface area contributed by atoms with Crippen LogP contribution in [0.4, 0.5) is 0 Å². The summed E-state index contributed by atoms with van der Waals surface area (Å²) in [5.74, 6) is 0.978. The minimum Gasteiger partial charge on any atom is -0.317 e. The third-order valence-electron chi connectivity index (χ3n) is 3.75. The number of nitrogens with one attached hydrogen (secondary N) is 1. The van der Waals surface area contributed by atoms with Gasteiger partial charge in [0.25, 0.3) is 0 Å². The SMILES string of the molecule is CN1CCCC[C@H]1C1CCNCC1. The molecular formula is C11H22N2. The summed E-state index contributed by atoms with van der Waals surface area (Å²) in [5.41, 5.74) is 0. The molecule has 0 bridgehead atoms. The van der Waals surface area contributed by atoms with E-state index in [4.69, 9.17) is 0 Å². The van der Waals surface area contributed by atoms with E-state index in [-0.39, 0.29) is 0 Å². The fourth-order valence-electron chi connectivity index (χ4n) is 2.93. The van der Waals surface area contributed by atoms with Crippen molar-refractivity contribution < 1.29 is 0 Å². The molecule has 0 aromatic heterocycles. The molecule has 0 aliphatic carbocycles.